The molecule has 3 aromatic heterocycles. The fourth-order valence-electron chi connectivity index (χ4n) is 3.95. The van der Waals surface area contributed by atoms with E-state index in [0.717, 1.165) is 41.2 Å². The number of fused-ring (bicyclic) bond motifs is 1. The number of anilines is 4. The van der Waals surface area contributed by atoms with Crippen LogP contribution in [-0.4, -0.2) is 59.8 Å². The molecule has 0 radical (unpaired) electrons. The van der Waals surface area contributed by atoms with Crippen molar-refractivity contribution in [3.8, 4) is 28.8 Å². The lowest BCUT2D eigenvalue weighted by atomic mass is 10.2. The molecule has 0 aliphatic rings. The predicted molar refractivity (Wildman–Crippen MR) is 147 cm³/mol. The second-order valence-corrected chi connectivity index (χ2v) is 8.34. The van der Waals surface area contributed by atoms with E-state index < -0.39 is 5.91 Å². The van der Waals surface area contributed by atoms with E-state index in [1.54, 1.807) is 32.5 Å². The summed E-state index contributed by atoms with van der Waals surface area (Å²) in [5.41, 5.74) is 5.59. The molecule has 3 heterocycles. The molecule has 0 saturated carbocycles. The Bertz CT molecular complexity index is 1490. The van der Waals surface area contributed by atoms with Crippen LogP contribution in [-0.2, 0) is 4.79 Å². The highest BCUT2D eigenvalue weighted by Crippen LogP contribution is 2.38. The maximum atomic E-state index is 12.3. The number of nitrogens with one attached hydrogen (secondary N) is 3. The Morgan fingerprint density at radius 1 is 1.22 bits per heavy atom. The minimum Gasteiger partial charge on any atom is -0.494 e. The van der Waals surface area contributed by atoms with Gasteiger partial charge in [0.05, 0.1) is 41.6 Å². The first-order chi connectivity index (χ1) is 17.9. The number of pyridine rings is 1. The smallest absolute Gasteiger partial charge is 0.300 e. The highest BCUT2D eigenvalue weighted by molar-refractivity contribution is 6.06. The summed E-state index contributed by atoms with van der Waals surface area (Å²) < 4.78 is 7.56. The number of hydrogen-bond acceptors (Lipinski definition) is 8. The first-order valence-corrected chi connectivity index (χ1v) is 11.8. The van der Waals surface area contributed by atoms with Crippen molar-refractivity contribution in [2.24, 2.45) is 0 Å². The number of likely N-dealkylation sites (N-methyl/N-ethyl adjacent to an activating group) is 2. The van der Waals surface area contributed by atoms with Gasteiger partial charge in [-0.25, -0.2) is 14.5 Å². The molecular formula is C27H30N8O2. The van der Waals surface area contributed by atoms with Gasteiger partial charge in [0.1, 0.15) is 5.75 Å². The Morgan fingerprint density at radius 2 is 2.05 bits per heavy atom. The molecule has 4 rings (SSSR count). The van der Waals surface area contributed by atoms with Gasteiger partial charge in [-0.1, -0.05) is 12.0 Å². The lowest BCUT2D eigenvalue weighted by Crippen LogP contribution is -2.28. The standard InChI is InChI=1S/C27H30N8O2/c1-6-8-26(36)31-21-15-22(25(37-5)16-24(21)34(4)14-13-28-3)33-27-29-12-11-20(32-27)19-17-30-35-18(2)9-7-10-23(19)35/h7,9-12,15-17,28H,13-14H2,1-5H3,(H,31,36)(H,29,32,33). The van der Waals surface area contributed by atoms with Gasteiger partial charge in [-0.15, -0.1) is 0 Å². The Kier molecular flexibility index (Phi) is 7.86. The van der Waals surface area contributed by atoms with Gasteiger partial charge in [-0.3, -0.25) is 4.79 Å². The van der Waals surface area contributed by atoms with Crippen molar-refractivity contribution < 1.29 is 9.53 Å². The number of rotatable bonds is 9. The van der Waals surface area contributed by atoms with Crippen LogP contribution in [0.4, 0.5) is 23.0 Å². The van der Waals surface area contributed by atoms with E-state index in [0.29, 0.717) is 23.1 Å². The second-order valence-electron chi connectivity index (χ2n) is 8.34. The monoisotopic (exact) mass is 498 g/mol. The zero-order valence-corrected chi connectivity index (χ0v) is 21.6. The van der Waals surface area contributed by atoms with Crippen molar-refractivity contribution in [3.63, 3.8) is 0 Å². The maximum absolute atomic E-state index is 12.3. The highest BCUT2D eigenvalue weighted by atomic mass is 16.5. The van der Waals surface area contributed by atoms with Gasteiger partial charge in [0.25, 0.3) is 5.91 Å². The van der Waals surface area contributed by atoms with Gasteiger partial charge < -0.3 is 25.6 Å². The summed E-state index contributed by atoms with van der Waals surface area (Å²) in [6, 6.07) is 11.5. The third kappa shape index (κ3) is 5.63. The van der Waals surface area contributed by atoms with Gasteiger partial charge in [0.2, 0.25) is 5.95 Å². The van der Waals surface area contributed by atoms with Crippen molar-refractivity contribution in [2.75, 3.05) is 49.8 Å². The van der Waals surface area contributed by atoms with Crippen LogP contribution in [0.5, 0.6) is 5.75 Å². The molecule has 0 aliphatic carbocycles. The molecule has 0 atom stereocenters. The fourth-order valence-corrected chi connectivity index (χ4v) is 3.95. The molecule has 10 nitrogen and oxygen atoms in total. The third-order valence-electron chi connectivity index (χ3n) is 5.82. The van der Waals surface area contributed by atoms with Crippen LogP contribution in [0.25, 0.3) is 16.8 Å². The molecule has 1 aromatic carbocycles. The van der Waals surface area contributed by atoms with Crippen LogP contribution < -0.4 is 25.6 Å². The summed E-state index contributed by atoms with van der Waals surface area (Å²) in [6.07, 6.45) is 3.49. The normalized spacial score (nSPS) is 10.5. The number of hydrogen-bond donors (Lipinski definition) is 3. The average molecular weight is 499 g/mol. The number of nitrogens with zero attached hydrogens (tertiary/aromatic N) is 5. The molecule has 10 heteroatoms. The Labute approximate surface area is 216 Å². The molecule has 3 N–H and O–H groups in total. The number of benzene rings is 1. The average Bonchev–Trinajstić information content (AvgIpc) is 3.33. The van der Waals surface area contributed by atoms with E-state index in [2.05, 4.69) is 37.9 Å². The number of carbonyl (C=O) groups is 1. The van der Waals surface area contributed by atoms with Crippen molar-refractivity contribution in [2.45, 2.75) is 13.8 Å². The van der Waals surface area contributed by atoms with Crippen molar-refractivity contribution in [1.29, 1.82) is 0 Å². The molecule has 0 unspecified atom stereocenters. The summed E-state index contributed by atoms with van der Waals surface area (Å²) >= 11 is 0. The second kappa shape index (κ2) is 11.4. The SMILES string of the molecule is CC#CC(=O)Nc1cc(Nc2nccc(-c3cnn4c(C)cccc34)n2)c(OC)cc1N(C)CCNC. The predicted octanol–water partition coefficient (Wildman–Crippen LogP) is 3.47. The number of aromatic nitrogens is 4. The molecule has 4 aromatic rings. The first-order valence-electron chi connectivity index (χ1n) is 11.8. The first kappa shape index (κ1) is 25.5. The molecule has 0 bridgehead atoms. The van der Waals surface area contributed by atoms with Crippen LogP contribution in [0.1, 0.15) is 12.6 Å². The molecular weight excluding hydrogens is 468 g/mol. The van der Waals surface area contributed by atoms with Crippen molar-refractivity contribution >= 4 is 34.4 Å². The zero-order valence-electron chi connectivity index (χ0n) is 21.6. The Morgan fingerprint density at radius 3 is 2.81 bits per heavy atom. The number of carbonyl (C=O) groups excluding carboxylic acids is 1. The van der Waals surface area contributed by atoms with E-state index in [1.165, 1.54) is 0 Å². The molecule has 0 saturated heterocycles. The molecule has 0 spiro atoms. The van der Waals surface area contributed by atoms with Crippen LogP contribution in [0.2, 0.25) is 0 Å². The number of ether oxygens (including phenoxy) is 1. The molecule has 37 heavy (non-hydrogen) atoms. The lowest BCUT2D eigenvalue weighted by molar-refractivity contribution is -0.111. The maximum Gasteiger partial charge on any atom is 0.300 e. The minimum atomic E-state index is -0.400. The van der Waals surface area contributed by atoms with Gasteiger partial charge >= 0.3 is 0 Å². The Hall–Kier alpha value is -4.62. The summed E-state index contributed by atoms with van der Waals surface area (Å²) in [5, 5.41) is 13.8. The van der Waals surface area contributed by atoms with Gasteiger partial charge in [-0.05, 0) is 51.1 Å². The summed E-state index contributed by atoms with van der Waals surface area (Å²) in [7, 11) is 5.44. The zero-order chi connectivity index (χ0) is 26.4. The molecule has 1 amide bonds. The van der Waals surface area contributed by atoms with E-state index in [1.807, 2.05) is 60.8 Å². The van der Waals surface area contributed by atoms with Gasteiger partial charge in [0, 0.05) is 43.7 Å². The number of aryl methyl sites for hydroxylation is 1. The summed E-state index contributed by atoms with van der Waals surface area (Å²) in [5.74, 6) is 5.71. The third-order valence-corrected chi connectivity index (χ3v) is 5.82. The van der Waals surface area contributed by atoms with Crippen LogP contribution in [0, 0.1) is 18.8 Å². The topological polar surface area (TPSA) is 109 Å². The molecule has 0 aliphatic heterocycles. The minimum absolute atomic E-state index is 0.379. The van der Waals surface area contributed by atoms with Gasteiger partial charge in [-0.2, -0.15) is 5.10 Å². The van der Waals surface area contributed by atoms with Crippen molar-refractivity contribution in [1.82, 2.24) is 24.9 Å². The largest absolute Gasteiger partial charge is 0.494 e. The van der Waals surface area contributed by atoms with E-state index in [9.17, 15) is 4.79 Å². The van der Waals surface area contributed by atoms with Crippen LogP contribution >= 0.6 is 0 Å². The molecule has 190 valence electrons. The van der Waals surface area contributed by atoms with E-state index >= 15 is 0 Å². The Balaban J connectivity index is 1.71. The highest BCUT2D eigenvalue weighted by Gasteiger charge is 2.17. The summed E-state index contributed by atoms with van der Waals surface area (Å²) in [4.78, 5) is 23.5. The van der Waals surface area contributed by atoms with Crippen LogP contribution in [0.15, 0.2) is 48.8 Å². The fraction of sp³-hybridized carbons (Fsp3) is 0.259. The van der Waals surface area contributed by atoms with Crippen LogP contribution in [0.3, 0.4) is 0 Å². The molecule has 0 fully saturated rings. The van der Waals surface area contributed by atoms with E-state index in [-0.39, 0.29) is 0 Å². The quantitative estimate of drug-likeness (QED) is 0.301. The summed E-state index contributed by atoms with van der Waals surface area (Å²) in [6.45, 7) is 5.12. The van der Waals surface area contributed by atoms with E-state index in [4.69, 9.17) is 9.72 Å². The number of methoxy groups -OCH3 is 1. The lowest BCUT2D eigenvalue weighted by Gasteiger charge is -2.24. The van der Waals surface area contributed by atoms with Gasteiger partial charge in [0.15, 0.2) is 0 Å². The van der Waals surface area contributed by atoms with Crippen molar-refractivity contribution in [3.05, 3.63) is 54.5 Å². The number of amides is 1.